The second-order valence-corrected chi connectivity index (χ2v) is 4.92. The summed E-state index contributed by atoms with van der Waals surface area (Å²) in [7, 11) is 0. The monoisotopic (exact) mass is 297 g/mol. The number of nitro groups is 1. The van der Waals surface area contributed by atoms with Gasteiger partial charge in [-0.1, -0.05) is 25.0 Å². The quantitative estimate of drug-likeness (QED) is 0.229. The second-order valence-electron chi connectivity index (χ2n) is 4.49. The van der Waals surface area contributed by atoms with E-state index in [0.717, 1.165) is 25.7 Å². The van der Waals surface area contributed by atoms with Crippen molar-refractivity contribution in [1.29, 1.82) is 0 Å². The van der Waals surface area contributed by atoms with Crippen molar-refractivity contribution in [2.24, 2.45) is 0 Å². The van der Waals surface area contributed by atoms with E-state index < -0.39 is 4.92 Å². The first-order chi connectivity index (χ1) is 9.56. The van der Waals surface area contributed by atoms with Crippen LogP contribution in [0.1, 0.15) is 48.0 Å². The Hall–Kier alpha value is -1.75. The van der Waals surface area contributed by atoms with Crippen LogP contribution in [0.15, 0.2) is 18.2 Å². The maximum Gasteiger partial charge on any atom is 0.280 e. The van der Waals surface area contributed by atoms with E-state index in [0.29, 0.717) is 24.7 Å². The molecule has 20 heavy (non-hydrogen) atoms. The van der Waals surface area contributed by atoms with Crippen molar-refractivity contribution in [2.75, 3.05) is 0 Å². The molecule has 108 valence electrons. The molecule has 0 aromatic heterocycles. The Morgan fingerprint density at radius 2 is 1.95 bits per heavy atom. The Morgan fingerprint density at radius 3 is 2.55 bits per heavy atom. The highest BCUT2D eigenvalue weighted by Crippen LogP contribution is 2.22. The fraction of sp³-hybridized carbons (Fsp3) is 0.429. The highest BCUT2D eigenvalue weighted by molar-refractivity contribution is 6.63. The fourth-order valence-corrected chi connectivity index (χ4v) is 2.18. The molecule has 0 radical (unpaired) electrons. The molecule has 0 N–H and O–H groups in total. The van der Waals surface area contributed by atoms with Crippen LogP contribution in [0.5, 0.6) is 0 Å². The van der Waals surface area contributed by atoms with E-state index in [-0.39, 0.29) is 16.5 Å². The van der Waals surface area contributed by atoms with Crippen molar-refractivity contribution in [2.45, 2.75) is 38.5 Å². The topological polar surface area (TPSA) is 77.3 Å². The molecular weight excluding hydrogens is 282 g/mol. The lowest BCUT2D eigenvalue weighted by atomic mass is 10.00. The van der Waals surface area contributed by atoms with E-state index in [4.69, 9.17) is 11.6 Å². The van der Waals surface area contributed by atoms with Crippen molar-refractivity contribution in [3.63, 3.8) is 0 Å². The number of hydrogen-bond donors (Lipinski definition) is 0. The summed E-state index contributed by atoms with van der Waals surface area (Å²) in [6.45, 7) is 0. The van der Waals surface area contributed by atoms with Gasteiger partial charge in [0.2, 0.25) is 5.24 Å². The molecule has 0 atom stereocenters. The largest absolute Gasteiger partial charge is 0.298 e. The van der Waals surface area contributed by atoms with Crippen LogP contribution in [0.3, 0.4) is 0 Å². The highest BCUT2D eigenvalue weighted by atomic mass is 35.5. The normalized spacial score (nSPS) is 10.2. The molecule has 0 aliphatic carbocycles. The molecule has 0 unspecified atom stereocenters. The van der Waals surface area contributed by atoms with Gasteiger partial charge in [0, 0.05) is 12.5 Å². The highest BCUT2D eigenvalue weighted by Gasteiger charge is 2.16. The summed E-state index contributed by atoms with van der Waals surface area (Å²) in [5, 5.41) is 10.5. The average Bonchev–Trinajstić information content (AvgIpc) is 2.41. The molecule has 0 aliphatic rings. The smallest absolute Gasteiger partial charge is 0.280 e. The zero-order chi connectivity index (χ0) is 15.0. The van der Waals surface area contributed by atoms with Gasteiger partial charge in [-0.05, 0) is 36.4 Å². The van der Waals surface area contributed by atoms with Gasteiger partial charge in [-0.3, -0.25) is 19.7 Å². The summed E-state index contributed by atoms with van der Waals surface area (Å²) < 4.78 is 0. The molecule has 1 aromatic rings. The Bertz CT molecular complexity index is 502. The van der Waals surface area contributed by atoms with Crippen molar-refractivity contribution in [3.05, 3.63) is 39.4 Å². The number of rotatable bonds is 9. The minimum atomic E-state index is -0.542. The third-order valence-corrected chi connectivity index (χ3v) is 3.25. The lowest BCUT2D eigenvalue weighted by molar-refractivity contribution is -0.385. The molecular formula is C14H16ClNO4. The van der Waals surface area contributed by atoms with Gasteiger partial charge < -0.3 is 0 Å². The molecule has 0 saturated carbocycles. The number of aldehydes is 1. The number of aryl methyl sites for hydroxylation is 1. The third-order valence-electron chi connectivity index (χ3n) is 3.06. The van der Waals surface area contributed by atoms with Gasteiger partial charge in [0.25, 0.3) is 5.69 Å². The molecule has 0 amide bonds. The van der Waals surface area contributed by atoms with Crippen LogP contribution < -0.4 is 0 Å². The number of carbonyl (C=O) groups is 2. The summed E-state index contributed by atoms with van der Waals surface area (Å²) >= 11 is 5.23. The molecule has 0 aliphatic heterocycles. The van der Waals surface area contributed by atoms with E-state index >= 15 is 0 Å². The zero-order valence-electron chi connectivity index (χ0n) is 11.0. The second kappa shape index (κ2) is 8.43. The van der Waals surface area contributed by atoms with Crippen LogP contribution >= 0.6 is 11.6 Å². The van der Waals surface area contributed by atoms with Gasteiger partial charge in [0.05, 0.1) is 10.5 Å². The maximum atomic E-state index is 11.0. The minimum absolute atomic E-state index is 0.148. The molecule has 1 aromatic carbocycles. The zero-order valence-corrected chi connectivity index (χ0v) is 11.8. The van der Waals surface area contributed by atoms with Crippen LogP contribution in [0.25, 0.3) is 0 Å². The summed E-state index contributed by atoms with van der Waals surface area (Å²) in [5.41, 5.74) is 0.710. The van der Waals surface area contributed by atoms with E-state index in [1.165, 1.54) is 6.07 Å². The molecule has 0 bridgehead atoms. The van der Waals surface area contributed by atoms with Gasteiger partial charge in [-0.15, -0.1) is 0 Å². The molecule has 0 fully saturated rings. The van der Waals surface area contributed by atoms with Crippen molar-refractivity contribution < 1.29 is 14.5 Å². The lowest BCUT2D eigenvalue weighted by Gasteiger charge is -2.05. The van der Waals surface area contributed by atoms with Crippen LogP contribution in [-0.2, 0) is 11.2 Å². The van der Waals surface area contributed by atoms with Crippen molar-refractivity contribution in [1.82, 2.24) is 0 Å². The Balaban J connectivity index is 2.52. The predicted octanol–water partition coefficient (Wildman–Crippen LogP) is 3.67. The van der Waals surface area contributed by atoms with Gasteiger partial charge in [0.1, 0.15) is 0 Å². The lowest BCUT2D eigenvalue weighted by Crippen LogP contribution is -2.00. The van der Waals surface area contributed by atoms with Crippen molar-refractivity contribution >= 4 is 28.8 Å². The summed E-state index contributed by atoms with van der Waals surface area (Å²) in [6, 6.07) is 4.66. The first kappa shape index (κ1) is 16.3. The van der Waals surface area contributed by atoms with Crippen LogP contribution in [0, 0.1) is 10.1 Å². The number of nitrogens with zero attached hydrogens (tertiary/aromatic N) is 1. The number of halogens is 1. The summed E-state index contributed by atoms with van der Waals surface area (Å²) in [5.74, 6) is 0. The molecule has 6 heteroatoms. The third kappa shape index (κ3) is 5.09. The van der Waals surface area contributed by atoms with E-state index in [9.17, 15) is 19.7 Å². The minimum Gasteiger partial charge on any atom is -0.298 e. The Labute approximate surface area is 122 Å². The molecule has 0 saturated heterocycles. The predicted molar refractivity (Wildman–Crippen MR) is 76.1 cm³/mol. The Kier molecular flexibility index (Phi) is 6.87. The van der Waals surface area contributed by atoms with Gasteiger partial charge in [-0.2, -0.15) is 0 Å². The van der Waals surface area contributed by atoms with Crippen LogP contribution in [-0.4, -0.2) is 16.5 Å². The molecule has 5 nitrogen and oxygen atoms in total. The van der Waals surface area contributed by atoms with Crippen LogP contribution in [0.4, 0.5) is 5.69 Å². The summed E-state index contributed by atoms with van der Waals surface area (Å²) in [6.07, 6.45) is 4.87. The fourth-order valence-electron chi connectivity index (χ4n) is 2.05. The van der Waals surface area contributed by atoms with E-state index in [1.807, 2.05) is 0 Å². The summed E-state index contributed by atoms with van der Waals surface area (Å²) in [4.78, 5) is 31.8. The average molecular weight is 298 g/mol. The Morgan fingerprint density at radius 1 is 1.25 bits per heavy atom. The SMILES string of the molecule is O=Cc1c(CCCCCCC(=O)Cl)cccc1[N+](=O)[O-]. The van der Waals surface area contributed by atoms with Gasteiger partial charge in [0.15, 0.2) is 6.29 Å². The van der Waals surface area contributed by atoms with Gasteiger partial charge >= 0.3 is 0 Å². The van der Waals surface area contributed by atoms with Crippen LogP contribution in [0.2, 0.25) is 0 Å². The number of unbranched alkanes of at least 4 members (excludes halogenated alkanes) is 3. The van der Waals surface area contributed by atoms with Gasteiger partial charge in [-0.25, -0.2) is 0 Å². The van der Waals surface area contributed by atoms with E-state index in [2.05, 4.69) is 0 Å². The molecule has 1 rings (SSSR count). The first-order valence-corrected chi connectivity index (χ1v) is 6.84. The number of benzene rings is 1. The molecule has 0 heterocycles. The van der Waals surface area contributed by atoms with E-state index in [1.54, 1.807) is 12.1 Å². The first-order valence-electron chi connectivity index (χ1n) is 6.46. The maximum absolute atomic E-state index is 11.0. The number of nitro benzene ring substituents is 1. The number of carbonyl (C=O) groups excluding carboxylic acids is 2. The number of hydrogen-bond acceptors (Lipinski definition) is 4. The van der Waals surface area contributed by atoms with Crippen molar-refractivity contribution in [3.8, 4) is 0 Å². The standard InChI is InChI=1S/C14H16ClNO4/c15-14(18)9-4-2-1-3-6-11-7-5-8-13(16(19)20)12(11)10-17/h5,7-8,10H,1-4,6,9H2. The molecule has 0 spiro atoms.